The van der Waals surface area contributed by atoms with Gasteiger partial charge in [-0.1, -0.05) is 0 Å². The summed E-state index contributed by atoms with van der Waals surface area (Å²) in [6.07, 6.45) is 4.84. The van der Waals surface area contributed by atoms with Gasteiger partial charge in [0.15, 0.2) is 0 Å². The minimum atomic E-state index is -3.39. The zero-order valence-corrected chi connectivity index (χ0v) is 13.7. The highest BCUT2D eigenvalue weighted by Gasteiger charge is 2.06. The quantitative estimate of drug-likeness (QED) is 0.571. The molecule has 2 rings (SSSR count). The molecule has 0 aliphatic carbocycles. The molecule has 2 aromatic heterocycles. The van der Waals surface area contributed by atoms with Crippen molar-refractivity contribution in [1.82, 2.24) is 9.97 Å². The van der Waals surface area contributed by atoms with Gasteiger partial charge in [-0.05, 0) is 12.1 Å². The summed E-state index contributed by atoms with van der Waals surface area (Å²) in [5.74, 6) is 0.610. The number of pyridine rings is 1. The molecular weight excluding hydrogens is 326 g/mol. The fraction of sp³-hybridized carbons (Fsp3) is 0.385. The van der Waals surface area contributed by atoms with E-state index in [1.165, 1.54) is 11.3 Å². The standard InChI is InChI=1S/C13H17N3O4S2/c1-22(17,18)20-6-2-5-19-10-3-4-12(15-8-10)13-16-9-11(7-14)21-13/h3-4,8-9H,2,5-7,14H2,1H3. The second kappa shape index (κ2) is 7.63. The second-order valence-electron chi connectivity index (χ2n) is 4.44. The third kappa shape index (κ3) is 5.34. The van der Waals surface area contributed by atoms with Gasteiger partial charge in [-0.3, -0.25) is 4.18 Å². The van der Waals surface area contributed by atoms with Crippen molar-refractivity contribution in [1.29, 1.82) is 0 Å². The van der Waals surface area contributed by atoms with E-state index in [4.69, 9.17) is 10.5 Å². The number of thiazole rings is 1. The summed E-state index contributed by atoms with van der Waals surface area (Å²) in [6.45, 7) is 0.921. The van der Waals surface area contributed by atoms with Crippen LogP contribution in [0.2, 0.25) is 0 Å². The Hall–Kier alpha value is -1.55. The summed E-state index contributed by atoms with van der Waals surface area (Å²) in [5.41, 5.74) is 6.32. The minimum absolute atomic E-state index is 0.103. The van der Waals surface area contributed by atoms with Crippen molar-refractivity contribution >= 4 is 21.5 Å². The fourth-order valence-electron chi connectivity index (χ4n) is 1.57. The van der Waals surface area contributed by atoms with Gasteiger partial charge in [0.25, 0.3) is 10.1 Å². The summed E-state index contributed by atoms with van der Waals surface area (Å²) >= 11 is 1.51. The van der Waals surface area contributed by atoms with Crippen molar-refractivity contribution < 1.29 is 17.3 Å². The first-order chi connectivity index (χ1) is 10.5. The van der Waals surface area contributed by atoms with E-state index in [1.807, 2.05) is 6.07 Å². The van der Waals surface area contributed by atoms with Crippen molar-refractivity contribution in [3.63, 3.8) is 0 Å². The molecule has 9 heteroatoms. The summed E-state index contributed by atoms with van der Waals surface area (Å²) in [5, 5.41) is 0.813. The lowest BCUT2D eigenvalue weighted by Crippen LogP contribution is -2.07. The molecule has 2 heterocycles. The molecule has 0 bridgehead atoms. The molecule has 0 aliphatic rings. The molecule has 0 amide bonds. The molecule has 0 aromatic carbocycles. The maximum Gasteiger partial charge on any atom is 0.264 e. The van der Waals surface area contributed by atoms with Crippen molar-refractivity contribution in [2.24, 2.45) is 5.73 Å². The van der Waals surface area contributed by atoms with Gasteiger partial charge in [0, 0.05) is 24.0 Å². The first kappa shape index (κ1) is 16.8. The first-order valence-corrected chi connectivity index (χ1v) is 9.19. The maximum atomic E-state index is 10.8. The van der Waals surface area contributed by atoms with Crippen molar-refractivity contribution in [3.05, 3.63) is 29.4 Å². The van der Waals surface area contributed by atoms with E-state index in [0.29, 0.717) is 25.3 Å². The molecule has 0 saturated carbocycles. The SMILES string of the molecule is CS(=O)(=O)OCCCOc1ccc(-c2ncc(CN)s2)nc1. The van der Waals surface area contributed by atoms with Crippen LogP contribution in [0, 0.1) is 0 Å². The highest BCUT2D eigenvalue weighted by molar-refractivity contribution is 7.85. The van der Waals surface area contributed by atoms with Crippen LogP contribution in [0.25, 0.3) is 10.7 Å². The van der Waals surface area contributed by atoms with Gasteiger partial charge >= 0.3 is 0 Å². The van der Waals surface area contributed by atoms with E-state index >= 15 is 0 Å². The van der Waals surface area contributed by atoms with E-state index in [-0.39, 0.29) is 6.61 Å². The molecule has 0 saturated heterocycles. The molecule has 7 nitrogen and oxygen atoms in total. The number of rotatable bonds is 8. The van der Waals surface area contributed by atoms with E-state index in [0.717, 1.165) is 21.8 Å². The zero-order valence-electron chi connectivity index (χ0n) is 12.1. The van der Waals surface area contributed by atoms with Crippen LogP contribution in [0.5, 0.6) is 5.75 Å². The lowest BCUT2D eigenvalue weighted by molar-refractivity contribution is 0.251. The molecule has 0 radical (unpaired) electrons. The number of ether oxygens (including phenoxy) is 1. The van der Waals surface area contributed by atoms with Crippen LogP contribution in [0.15, 0.2) is 24.5 Å². The number of aromatic nitrogens is 2. The highest BCUT2D eigenvalue weighted by atomic mass is 32.2. The lowest BCUT2D eigenvalue weighted by atomic mass is 10.3. The van der Waals surface area contributed by atoms with Crippen LogP contribution in [-0.2, 0) is 20.8 Å². The normalized spacial score (nSPS) is 11.5. The van der Waals surface area contributed by atoms with Crippen molar-refractivity contribution in [3.8, 4) is 16.5 Å². The summed E-state index contributed by atoms with van der Waals surface area (Å²) < 4.78 is 31.6. The molecule has 0 unspecified atom stereocenters. The molecule has 2 N–H and O–H groups in total. The minimum Gasteiger partial charge on any atom is -0.492 e. The van der Waals surface area contributed by atoms with Gasteiger partial charge in [0.1, 0.15) is 10.8 Å². The lowest BCUT2D eigenvalue weighted by Gasteiger charge is -2.06. The zero-order chi connectivity index (χ0) is 16.0. The number of hydrogen-bond donors (Lipinski definition) is 1. The van der Waals surface area contributed by atoms with Gasteiger partial charge in [0.2, 0.25) is 0 Å². The van der Waals surface area contributed by atoms with Crippen LogP contribution >= 0.6 is 11.3 Å². The van der Waals surface area contributed by atoms with Crippen LogP contribution < -0.4 is 10.5 Å². The van der Waals surface area contributed by atoms with Crippen LogP contribution in [0.3, 0.4) is 0 Å². The maximum absolute atomic E-state index is 10.8. The molecule has 0 aliphatic heterocycles. The van der Waals surface area contributed by atoms with Gasteiger partial charge in [-0.2, -0.15) is 8.42 Å². The molecule has 0 fully saturated rings. The van der Waals surface area contributed by atoms with E-state index < -0.39 is 10.1 Å². The first-order valence-electron chi connectivity index (χ1n) is 6.56. The Morgan fingerprint density at radius 3 is 2.64 bits per heavy atom. The van der Waals surface area contributed by atoms with Crippen LogP contribution in [0.4, 0.5) is 0 Å². The number of hydrogen-bond acceptors (Lipinski definition) is 8. The van der Waals surface area contributed by atoms with Gasteiger partial charge in [0.05, 0.1) is 31.4 Å². The highest BCUT2D eigenvalue weighted by Crippen LogP contribution is 2.24. The van der Waals surface area contributed by atoms with E-state index in [2.05, 4.69) is 14.2 Å². The Morgan fingerprint density at radius 2 is 2.05 bits per heavy atom. The van der Waals surface area contributed by atoms with Crippen molar-refractivity contribution in [2.45, 2.75) is 13.0 Å². The molecule has 2 aromatic rings. The predicted molar refractivity (Wildman–Crippen MR) is 84.1 cm³/mol. The Labute approximate surface area is 133 Å². The molecule has 0 atom stereocenters. The Balaban J connectivity index is 1.82. The van der Waals surface area contributed by atoms with E-state index in [1.54, 1.807) is 18.5 Å². The third-order valence-corrected chi connectivity index (χ3v) is 4.20. The second-order valence-corrected chi connectivity index (χ2v) is 7.20. The average molecular weight is 343 g/mol. The van der Waals surface area contributed by atoms with Crippen LogP contribution in [-0.4, -0.2) is 37.9 Å². The van der Waals surface area contributed by atoms with Crippen molar-refractivity contribution in [2.75, 3.05) is 19.5 Å². The smallest absolute Gasteiger partial charge is 0.264 e. The summed E-state index contributed by atoms with van der Waals surface area (Å²) in [4.78, 5) is 9.55. The molecule has 0 spiro atoms. The Morgan fingerprint density at radius 1 is 1.23 bits per heavy atom. The van der Waals surface area contributed by atoms with E-state index in [9.17, 15) is 8.42 Å². The Bertz CT molecular complexity index is 698. The Kier molecular flexibility index (Phi) is 5.83. The number of nitrogens with two attached hydrogens (primary N) is 1. The summed E-state index contributed by atoms with van der Waals surface area (Å²) in [7, 11) is -3.39. The average Bonchev–Trinajstić information content (AvgIpc) is 2.95. The largest absolute Gasteiger partial charge is 0.492 e. The van der Waals surface area contributed by atoms with Gasteiger partial charge in [-0.25, -0.2) is 9.97 Å². The molecular formula is C13H17N3O4S2. The molecule has 120 valence electrons. The fourth-order valence-corrected chi connectivity index (χ4v) is 2.76. The van der Waals surface area contributed by atoms with Crippen LogP contribution in [0.1, 0.15) is 11.3 Å². The topological polar surface area (TPSA) is 104 Å². The number of nitrogens with zero attached hydrogens (tertiary/aromatic N) is 2. The van der Waals surface area contributed by atoms with Gasteiger partial charge < -0.3 is 10.5 Å². The summed E-state index contributed by atoms with van der Waals surface area (Å²) in [6, 6.07) is 3.62. The monoisotopic (exact) mass is 343 g/mol. The predicted octanol–water partition coefficient (Wildman–Crippen LogP) is 1.41. The molecule has 22 heavy (non-hydrogen) atoms. The van der Waals surface area contributed by atoms with Gasteiger partial charge in [-0.15, -0.1) is 11.3 Å². The third-order valence-electron chi connectivity index (χ3n) is 2.57.